The molecule has 0 amide bonds. The number of hydrogen-bond donors (Lipinski definition) is 0. The fourth-order valence-electron chi connectivity index (χ4n) is 2.66. The van der Waals surface area contributed by atoms with E-state index in [1.807, 2.05) is 0 Å². The zero-order chi connectivity index (χ0) is 14.4. The van der Waals surface area contributed by atoms with Crippen LogP contribution in [0.15, 0.2) is 23.8 Å². The van der Waals surface area contributed by atoms with E-state index in [0.29, 0.717) is 5.92 Å². The molecule has 19 heavy (non-hydrogen) atoms. The third-order valence-corrected chi connectivity index (χ3v) is 4.13. The van der Waals surface area contributed by atoms with Crippen LogP contribution in [0, 0.1) is 11.8 Å². The monoisotopic (exact) mass is 264 g/mol. The molecule has 0 aromatic carbocycles. The minimum absolute atomic E-state index is 0.140. The summed E-state index contributed by atoms with van der Waals surface area (Å²) in [4.78, 5) is 11.2. The molecule has 0 unspecified atom stereocenters. The van der Waals surface area contributed by atoms with E-state index in [0.717, 1.165) is 37.2 Å². The first kappa shape index (κ1) is 16.0. The maximum atomic E-state index is 11.2. The zero-order valence-electron chi connectivity index (χ0n) is 12.9. The van der Waals surface area contributed by atoms with Gasteiger partial charge in [0.05, 0.1) is 0 Å². The van der Waals surface area contributed by atoms with Crippen molar-refractivity contribution in [1.29, 1.82) is 0 Å². The highest BCUT2D eigenvalue weighted by Gasteiger charge is 2.20. The van der Waals surface area contributed by atoms with Gasteiger partial charge in [0.1, 0.15) is 6.10 Å². The molecule has 0 aliphatic heterocycles. The summed E-state index contributed by atoms with van der Waals surface area (Å²) < 4.78 is 5.40. The molecular weight excluding hydrogens is 236 g/mol. The van der Waals surface area contributed by atoms with Crippen LogP contribution in [-0.2, 0) is 9.53 Å². The standard InChI is InChI=1S/C17H28O2/c1-12(2)16-9-6-13(3)7-11-17(19-15(5)18)14(4)8-10-16/h7,12,16-17H,4,6,8-11H2,1-3,5H3/b13-7-/t16-,17-/m0/s1. The molecule has 0 fully saturated rings. The van der Waals surface area contributed by atoms with Gasteiger partial charge in [-0.1, -0.05) is 32.1 Å². The van der Waals surface area contributed by atoms with Gasteiger partial charge < -0.3 is 4.74 Å². The number of carbonyl (C=O) groups is 1. The summed E-state index contributed by atoms with van der Waals surface area (Å²) in [7, 11) is 0. The largest absolute Gasteiger partial charge is 0.458 e. The van der Waals surface area contributed by atoms with Crippen LogP contribution in [0.2, 0.25) is 0 Å². The van der Waals surface area contributed by atoms with Crippen molar-refractivity contribution in [2.45, 2.75) is 65.9 Å². The molecular formula is C17H28O2. The molecule has 0 saturated carbocycles. The Bertz CT molecular complexity index is 352. The van der Waals surface area contributed by atoms with Gasteiger partial charge in [-0.2, -0.15) is 0 Å². The first-order valence-electron chi connectivity index (χ1n) is 7.40. The summed E-state index contributed by atoms with van der Waals surface area (Å²) in [6.07, 6.45) is 7.37. The van der Waals surface area contributed by atoms with E-state index in [1.54, 1.807) is 0 Å². The van der Waals surface area contributed by atoms with Gasteiger partial charge in [-0.05, 0) is 50.0 Å². The van der Waals surface area contributed by atoms with Gasteiger partial charge in [-0.25, -0.2) is 0 Å². The fourth-order valence-corrected chi connectivity index (χ4v) is 2.66. The first-order valence-corrected chi connectivity index (χ1v) is 7.40. The quantitative estimate of drug-likeness (QED) is 0.535. The van der Waals surface area contributed by atoms with E-state index in [-0.39, 0.29) is 12.1 Å². The molecule has 0 aromatic heterocycles. The van der Waals surface area contributed by atoms with Crippen molar-refractivity contribution in [1.82, 2.24) is 0 Å². The van der Waals surface area contributed by atoms with E-state index >= 15 is 0 Å². The highest BCUT2D eigenvalue weighted by atomic mass is 16.5. The second kappa shape index (κ2) is 7.52. The Kier molecular flexibility index (Phi) is 6.33. The number of hydrogen-bond acceptors (Lipinski definition) is 2. The second-order valence-electron chi connectivity index (χ2n) is 6.12. The van der Waals surface area contributed by atoms with Gasteiger partial charge >= 0.3 is 5.97 Å². The number of allylic oxidation sites excluding steroid dienone is 1. The maximum absolute atomic E-state index is 11.2. The van der Waals surface area contributed by atoms with E-state index in [2.05, 4.69) is 33.4 Å². The Labute approximate surface area is 117 Å². The van der Waals surface area contributed by atoms with Gasteiger partial charge in [0.25, 0.3) is 0 Å². The smallest absolute Gasteiger partial charge is 0.303 e. The minimum Gasteiger partial charge on any atom is -0.458 e. The molecule has 0 aromatic rings. The Morgan fingerprint density at radius 1 is 1.37 bits per heavy atom. The number of rotatable bonds is 2. The molecule has 1 aliphatic carbocycles. The van der Waals surface area contributed by atoms with Crippen molar-refractivity contribution in [2.75, 3.05) is 0 Å². The molecule has 2 heteroatoms. The van der Waals surface area contributed by atoms with E-state index < -0.39 is 0 Å². The van der Waals surface area contributed by atoms with Crippen LogP contribution in [0.5, 0.6) is 0 Å². The minimum atomic E-state index is -0.213. The van der Waals surface area contributed by atoms with Crippen molar-refractivity contribution >= 4 is 5.97 Å². The van der Waals surface area contributed by atoms with E-state index in [9.17, 15) is 4.79 Å². The summed E-state index contributed by atoms with van der Waals surface area (Å²) in [5.41, 5.74) is 2.46. The molecule has 0 heterocycles. The van der Waals surface area contributed by atoms with Gasteiger partial charge in [0.2, 0.25) is 0 Å². The molecule has 0 spiro atoms. The molecule has 108 valence electrons. The average molecular weight is 264 g/mol. The van der Waals surface area contributed by atoms with Gasteiger partial charge in [-0.15, -0.1) is 0 Å². The van der Waals surface area contributed by atoms with Crippen molar-refractivity contribution in [3.8, 4) is 0 Å². The predicted molar refractivity (Wildman–Crippen MR) is 79.9 cm³/mol. The van der Waals surface area contributed by atoms with Crippen molar-refractivity contribution in [3.05, 3.63) is 23.8 Å². The van der Waals surface area contributed by atoms with Crippen molar-refractivity contribution in [3.63, 3.8) is 0 Å². The van der Waals surface area contributed by atoms with Gasteiger partial charge in [0.15, 0.2) is 0 Å². The third-order valence-electron chi connectivity index (χ3n) is 4.13. The summed E-state index contributed by atoms with van der Waals surface area (Å²) in [6.45, 7) is 12.4. The SMILES string of the molecule is C=C1CC[C@@H](C(C)C)CC/C(C)=C\C[C@@H]1OC(C)=O. The molecule has 1 aliphatic rings. The van der Waals surface area contributed by atoms with Crippen LogP contribution in [-0.4, -0.2) is 12.1 Å². The molecule has 0 saturated heterocycles. The first-order chi connectivity index (χ1) is 8.90. The highest BCUT2D eigenvalue weighted by molar-refractivity contribution is 5.66. The maximum Gasteiger partial charge on any atom is 0.303 e. The normalized spacial score (nSPS) is 28.7. The second-order valence-corrected chi connectivity index (χ2v) is 6.12. The molecule has 0 radical (unpaired) electrons. The molecule has 0 N–H and O–H groups in total. The van der Waals surface area contributed by atoms with Gasteiger partial charge in [-0.3, -0.25) is 4.79 Å². The van der Waals surface area contributed by atoms with Crippen LogP contribution in [0.4, 0.5) is 0 Å². The van der Waals surface area contributed by atoms with E-state index in [4.69, 9.17) is 4.74 Å². The summed E-state index contributed by atoms with van der Waals surface area (Å²) in [6, 6.07) is 0. The Hall–Kier alpha value is -1.05. The summed E-state index contributed by atoms with van der Waals surface area (Å²) in [5, 5.41) is 0. The Morgan fingerprint density at radius 3 is 2.58 bits per heavy atom. The average Bonchev–Trinajstić information content (AvgIpc) is 2.32. The van der Waals surface area contributed by atoms with Crippen LogP contribution in [0.3, 0.4) is 0 Å². The number of esters is 1. The van der Waals surface area contributed by atoms with Crippen LogP contribution < -0.4 is 0 Å². The third kappa shape index (κ3) is 5.63. The van der Waals surface area contributed by atoms with Crippen LogP contribution in [0.25, 0.3) is 0 Å². The number of carbonyl (C=O) groups excluding carboxylic acids is 1. The molecule has 2 atom stereocenters. The fraction of sp³-hybridized carbons (Fsp3) is 0.706. The Balaban J connectivity index is 2.79. The highest BCUT2D eigenvalue weighted by Crippen LogP contribution is 2.29. The summed E-state index contributed by atoms with van der Waals surface area (Å²) in [5.74, 6) is 1.22. The topological polar surface area (TPSA) is 26.3 Å². The van der Waals surface area contributed by atoms with Gasteiger partial charge in [0, 0.05) is 13.3 Å². The molecule has 0 bridgehead atoms. The molecule has 1 rings (SSSR count). The zero-order valence-corrected chi connectivity index (χ0v) is 12.9. The summed E-state index contributed by atoms with van der Waals surface area (Å²) >= 11 is 0. The van der Waals surface area contributed by atoms with E-state index in [1.165, 1.54) is 18.9 Å². The Morgan fingerprint density at radius 2 is 2.00 bits per heavy atom. The lowest BCUT2D eigenvalue weighted by atomic mass is 9.83. The molecule has 2 nitrogen and oxygen atoms in total. The van der Waals surface area contributed by atoms with Crippen LogP contribution >= 0.6 is 0 Å². The van der Waals surface area contributed by atoms with Crippen LogP contribution in [0.1, 0.15) is 59.8 Å². The van der Waals surface area contributed by atoms with Crippen molar-refractivity contribution < 1.29 is 9.53 Å². The number of ether oxygens (including phenoxy) is 1. The predicted octanol–water partition coefficient (Wildman–Crippen LogP) is 4.66. The van der Waals surface area contributed by atoms with Crippen molar-refractivity contribution in [2.24, 2.45) is 11.8 Å². The lowest BCUT2D eigenvalue weighted by Gasteiger charge is -2.25. The lowest BCUT2D eigenvalue weighted by molar-refractivity contribution is -0.144. The lowest BCUT2D eigenvalue weighted by Crippen LogP contribution is -2.20.